The van der Waals surface area contributed by atoms with Crippen LogP contribution in [0.1, 0.15) is 26.2 Å². The zero-order chi connectivity index (χ0) is 10.9. The molecule has 1 aromatic heterocycles. The summed E-state index contributed by atoms with van der Waals surface area (Å²) in [4.78, 5) is 0. The zero-order valence-corrected chi connectivity index (χ0v) is 9.06. The van der Waals surface area contributed by atoms with Crippen molar-refractivity contribution < 1.29 is 0 Å². The molecule has 1 aromatic rings. The van der Waals surface area contributed by atoms with Gasteiger partial charge in [0.1, 0.15) is 0 Å². The Hall–Kier alpha value is -1.41. The molecule has 5 nitrogen and oxygen atoms in total. The van der Waals surface area contributed by atoms with Crippen LogP contribution < -0.4 is 5.32 Å². The van der Waals surface area contributed by atoms with Gasteiger partial charge in [-0.05, 0) is 19.4 Å². The second kappa shape index (κ2) is 6.96. The van der Waals surface area contributed by atoms with E-state index in [9.17, 15) is 0 Å². The lowest BCUT2D eigenvalue weighted by molar-refractivity contribution is 0.468. The highest BCUT2D eigenvalue weighted by molar-refractivity contribution is 4.79. The summed E-state index contributed by atoms with van der Waals surface area (Å²) in [6.45, 7) is 3.88. The maximum Gasteiger partial charge on any atom is 0.0692 e. The topological polar surface area (TPSA) is 66.5 Å². The Bertz CT molecular complexity index is 287. The molecular formula is C10H17N5. The van der Waals surface area contributed by atoms with E-state index >= 15 is 0 Å². The van der Waals surface area contributed by atoms with Gasteiger partial charge in [0.05, 0.1) is 18.7 Å². The molecular weight excluding hydrogens is 190 g/mol. The third-order valence-electron chi connectivity index (χ3n) is 2.30. The molecule has 15 heavy (non-hydrogen) atoms. The van der Waals surface area contributed by atoms with Gasteiger partial charge in [-0.15, -0.1) is 5.10 Å². The summed E-state index contributed by atoms with van der Waals surface area (Å²) in [5.41, 5.74) is 0. The summed E-state index contributed by atoms with van der Waals surface area (Å²) in [5, 5.41) is 19.5. The SMILES string of the molecule is CCC(CC#N)NCCCn1ccnn1. The molecule has 0 saturated carbocycles. The monoisotopic (exact) mass is 207 g/mol. The van der Waals surface area contributed by atoms with Crippen molar-refractivity contribution in [3.8, 4) is 6.07 Å². The lowest BCUT2D eigenvalue weighted by atomic mass is 10.1. The van der Waals surface area contributed by atoms with E-state index in [1.807, 2.05) is 10.9 Å². The van der Waals surface area contributed by atoms with Crippen LogP contribution in [0.3, 0.4) is 0 Å². The fraction of sp³-hybridized carbons (Fsp3) is 0.700. The highest BCUT2D eigenvalue weighted by Crippen LogP contribution is 1.96. The van der Waals surface area contributed by atoms with E-state index in [0.717, 1.165) is 25.9 Å². The summed E-state index contributed by atoms with van der Waals surface area (Å²) >= 11 is 0. The molecule has 5 heteroatoms. The molecule has 1 unspecified atom stereocenters. The molecule has 0 aliphatic heterocycles. The Kier molecular flexibility index (Phi) is 5.41. The fourth-order valence-electron chi connectivity index (χ4n) is 1.37. The van der Waals surface area contributed by atoms with Crippen LogP contribution >= 0.6 is 0 Å². The quantitative estimate of drug-likeness (QED) is 0.676. The van der Waals surface area contributed by atoms with Crippen LogP contribution in [0.25, 0.3) is 0 Å². The lowest BCUT2D eigenvalue weighted by Crippen LogP contribution is -2.29. The molecule has 0 aromatic carbocycles. The molecule has 1 rings (SSSR count). The van der Waals surface area contributed by atoms with Gasteiger partial charge in [0.15, 0.2) is 0 Å². The van der Waals surface area contributed by atoms with Crippen molar-refractivity contribution in [2.75, 3.05) is 6.54 Å². The van der Waals surface area contributed by atoms with E-state index in [1.54, 1.807) is 6.20 Å². The number of nitrogens with zero attached hydrogens (tertiary/aromatic N) is 4. The normalized spacial score (nSPS) is 12.3. The Morgan fingerprint density at radius 2 is 2.47 bits per heavy atom. The third-order valence-corrected chi connectivity index (χ3v) is 2.30. The molecule has 0 aliphatic rings. The average molecular weight is 207 g/mol. The molecule has 1 atom stereocenters. The van der Waals surface area contributed by atoms with Gasteiger partial charge >= 0.3 is 0 Å². The number of aromatic nitrogens is 3. The molecule has 0 spiro atoms. The van der Waals surface area contributed by atoms with Crippen molar-refractivity contribution in [1.29, 1.82) is 5.26 Å². The van der Waals surface area contributed by atoms with Crippen molar-refractivity contribution in [2.24, 2.45) is 0 Å². The number of rotatable bonds is 7. The number of nitriles is 1. The van der Waals surface area contributed by atoms with E-state index in [0.29, 0.717) is 12.5 Å². The van der Waals surface area contributed by atoms with Gasteiger partial charge in [0.2, 0.25) is 0 Å². The van der Waals surface area contributed by atoms with Crippen molar-refractivity contribution >= 4 is 0 Å². The fourth-order valence-corrected chi connectivity index (χ4v) is 1.37. The lowest BCUT2D eigenvalue weighted by Gasteiger charge is -2.12. The molecule has 0 fully saturated rings. The molecule has 1 heterocycles. The summed E-state index contributed by atoms with van der Waals surface area (Å²) in [5.74, 6) is 0. The predicted molar refractivity (Wildman–Crippen MR) is 57.0 cm³/mol. The van der Waals surface area contributed by atoms with Gasteiger partial charge in [-0.1, -0.05) is 12.1 Å². The molecule has 1 N–H and O–H groups in total. The van der Waals surface area contributed by atoms with Gasteiger partial charge in [0, 0.05) is 18.8 Å². The van der Waals surface area contributed by atoms with Crippen LogP contribution in [-0.2, 0) is 6.54 Å². The van der Waals surface area contributed by atoms with E-state index < -0.39 is 0 Å². The maximum atomic E-state index is 8.56. The average Bonchev–Trinajstić information content (AvgIpc) is 2.75. The summed E-state index contributed by atoms with van der Waals surface area (Å²) in [7, 11) is 0. The van der Waals surface area contributed by atoms with Crippen molar-refractivity contribution in [2.45, 2.75) is 38.8 Å². The molecule has 0 bridgehead atoms. The van der Waals surface area contributed by atoms with Gasteiger partial charge in [-0.2, -0.15) is 5.26 Å². The third kappa shape index (κ3) is 4.56. The molecule has 0 saturated heterocycles. The van der Waals surface area contributed by atoms with Crippen LogP contribution in [0.4, 0.5) is 0 Å². The molecule has 0 aliphatic carbocycles. The predicted octanol–water partition coefficient (Wildman–Crippen LogP) is 0.950. The van der Waals surface area contributed by atoms with Crippen LogP contribution in [0, 0.1) is 11.3 Å². The van der Waals surface area contributed by atoms with Gasteiger partial charge < -0.3 is 5.32 Å². The smallest absolute Gasteiger partial charge is 0.0692 e. The van der Waals surface area contributed by atoms with Crippen LogP contribution in [0.5, 0.6) is 0 Å². The van der Waals surface area contributed by atoms with E-state index in [2.05, 4.69) is 28.6 Å². The first-order valence-electron chi connectivity index (χ1n) is 5.31. The number of hydrogen-bond donors (Lipinski definition) is 1. The van der Waals surface area contributed by atoms with E-state index in [-0.39, 0.29) is 0 Å². The van der Waals surface area contributed by atoms with Gasteiger partial charge in [-0.25, -0.2) is 0 Å². The first kappa shape index (κ1) is 11.7. The summed E-state index contributed by atoms with van der Waals surface area (Å²) < 4.78 is 1.81. The minimum Gasteiger partial charge on any atom is -0.313 e. The number of hydrogen-bond acceptors (Lipinski definition) is 4. The minimum atomic E-state index is 0.325. The standard InChI is InChI=1S/C10H17N5/c1-2-10(4-5-11)12-6-3-8-15-9-7-13-14-15/h7,9-10,12H,2-4,6,8H2,1H3. The highest BCUT2D eigenvalue weighted by atomic mass is 15.4. The molecule has 82 valence electrons. The largest absolute Gasteiger partial charge is 0.313 e. The van der Waals surface area contributed by atoms with Gasteiger partial charge in [0.25, 0.3) is 0 Å². The van der Waals surface area contributed by atoms with Crippen molar-refractivity contribution in [3.63, 3.8) is 0 Å². The molecule has 0 amide bonds. The zero-order valence-electron chi connectivity index (χ0n) is 9.06. The van der Waals surface area contributed by atoms with E-state index in [4.69, 9.17) is 5.26 Å². The van der Waals surface area contributed by atoms with Gasteiger partial charge in [-0.3, -0.25) is 4.68 Å². The van der Waals surface area contributed by atoms with Crippen LogP contribution in [-0.4, -0.2) is 27.6 Å². The van der Waals surface area contributed by atoms with Crippen LogP contribution in [0.15, 0.2) is 12.4 Å². The summed E-state index contributed by atoms with van der Waals surface area (Å²) in [6.07, 6.45) is 6.12. The minimum absolute atomic E-state index is 0.325. The van der Waals surface area contributed by atoms with Crippen molar-refractivity contribution in [3.05, 3.63) is 12.4 Å². The highest BCUT2D eigenvalue weighted by Gasteiger charge is 2.03. The Balaban J connectivity index is 2.08. The first-order chi connectivity index (χ1) is 7.36. The van der Waals surface area contributed by atoms with Crippen molar-refractivity contribution in [1.82, 2.24) is 20.3 Å². The second-order valence-electron chi connectivity index (χ2n) is 3.44. The second-order valence-corrected chi connectivity index (χ2v) is 3.44. The Labute approximate surface area is 90.1 Å². The summed E-state index contributed by atoms with van der Waals surface area (Å²) in [6, 6.07) is 2.51. The Morgan fingerprint density at radius 3 is 3.07 bits per heavy atom. The van der Waals surface area contributed by atoms with E-state index in [1.165, 1.54) is 0 Å². The Morgan fingerprint density at radius 1 is 1.60 bits per heavy atom. The molecule has 0 radical (unpaired) electrons. The van der Waals surface area contributed by atoms with Crippen LogP contribution in [0.2, 0.25) is 0 Å². The number of aryl methyl sites for hydroxylation is 1. The maximum absolute atomic E-state index is 8.56. The first-order valence-corrected chi connectivity index (χ1v) is 5.31. The number of nitrogens with one attached hydrogen (secondary N) is 1.